The lowest BCUT2D eigenvalue weighted by Gasteiger charge is -2.32. The SMILES string of the molecule is CCCNCC1CCN(c2nc(C)cc(C(C)C)n2)CC1. The summed E-state index contributed by atoms with van der Waals surface area (Å²) in [5.74, 6) is 2.20. The molecule has 4 nitrogen and oxygen atoms in total. The maximum Gasteiger partial charge on any atom is 0.225 e. The predicted molar refractivity (Wildman–Crippen MR) is 89.0 cm³/mol. The minimum absolute atomic E-state index is 0.459. The molecule has 4 heteroatoms. The van der Waals surface area contributed by atoms with Gasteiger partial charge in [-0.1, -0.05) is 20.8 Å². The molecule has 0 amide bonds. The van der Waals surface area contributed by atoms with Gasteiger partial charge in [0.2, 0.25) is 5.95 Å². The minimum atomic E-state index is 0.459. The molecule has 0 aliphatic carbocycles. The standard InChI is InChI=1S/C17H30N4/c1-5-8-18-12-15-6-9-21(10-7-15)17-19-14(4)11-16(20-17)13(2)3/h11,13,15,18H,5-10,12H2,1-4H3. The highest BCUT2D eigenvalue weighted by Crippen LogP contribution is 2.22. The molecule has 1 aliphatic heterocycles. The first kappa shape index (κ1) is 16.2. The molecule has 1 N–H and O–H groups in total. The Bertz CT molecular complexity index is 436. The Hall–Kier alpha value is -1.16. The molecule has 2 rings (SSSR count). The first-order chi connectivity index (χ1) is 10.1. The average molecular weight is 290 g/mol. The number of nitrogens with one attached hydrogen (secondary N) is 1. The third-order valence-corrected chi connectivity index (χ3v) is 4.21. The van der Waals surface area contributed by atoms with Crippen LogP contribution in [0.15, 0.2) is 6.07 Å². The Morgan fingerprint density at radius 3 is 2.62 bits per heavy atom. The van der Waals surface area contributed by atoms with Gasteiger partial charge in [-0.2, -0.15) is 0 Å². The fourth-order valence-corrected chi connectivity index (χ4v) is 2.83. The van der Waals surface area contributed by atoms with Crippen LogP contribution in [0.2, 0.25) is 0 Å². The average Bonchev–Trinajstić information content (AvgIpc) is 2.47. The number of hydrogen-bond donors (Lipinski definition) is 1. The van der Waals surface area contributed by atoms with E-state index in [4.69, 9.17) is 4.98 Å². The second-order valence-corrected chi connectivity index (χ2v) is 6.52. The van der Waals surface area contributed by atoms with Gasteiger partial charge in [0.05, 0.1) is 0 Å². The zero-order chi connectivity index (χ0) is 15.2. The van der Waals surface area contributed by atoms with Crippen LogP contribution in [-0.2, 0) is 0 Å². The summed E-state index contributed by atoms with van der Waals surface area (Å²) in [5, 5.41) is 3.54. The molecule has 0 bridgehead atoms. The molecule has 1 saturated heterocycles. The summed E-state index contributed by atoms with van der Waals surface area (Å²) in [7, 11) is 0. The van der Waals surface area contributed by atoms with Crippen molar-refractivity contribution in [3.63, 3.8) is 0 Å². The molecule has 118 valence electrons. The lowest BCUT2D eigenvalue weighted by molar-refractivity contribution is 0.381. The van der Waals surface area contributed by atoms with Crippen LogP contribution in [0.25, 0.3) is 0 Å². The highest BCUT2D eigenvalue weighted by Gasteiger charge is 2.21. The molecule has 2 heterocycles. The molecular weight excluding hydrogens is 260 g/mol. The van der Waals surface area contributed by atoms with E-state index in [1.165, 1.54) is 19.3 Å². The number of hydrogen-bond acceptors (Lipinski definition) is 4. The van der Waals surface area contributed by atoms with E-state index in [9.17, 15) is 0 Å². The number of rotatable bonds is 6. The van der Waals surface area contributed by atoms with E-state index >= 15 is 0 Å². The molecule has 0 spiro atoms. The summed E-state index contributed by atoms with van der Waals surface area (Å²) in [6.45, 7) is 13.1. The van der Waals surface area contributed by atoms with Gasteiger partial charge in [-0.15, -0.1) is 0 Å². The third-order valence-electron chi connectivity index (χ3n) is 4.21. The van der Waals surface area contributed by atoms with E-state index in [1.807, 2.05) is 0 Å². The Morgan fingerprint density at radius 2 is 2.00 bits per heavy atom. The lowest BCUT2D eigenvalue weighted by atomic mass is 9.97. The smallest absolute Gasteiger partial charge is 0.225 e. The Morgan fingerprint density at radius 1 is 1.29 bits per heavy atom. The monoisotopic (exact) mass is 290 g/mol. The van der Waals surface area contributed by atoms with Crippen LogP contribution < -0.4 is 10.2 Å². The van der Waals surface area contributed by atoms with Crippen molar-refractivity contribution in [1.82, 2.24) is 15.3 Å². The largest absolute Gasteiger partial charge is 0.341 e. The highest BCUT2D eigenvalue weighted by molar-refractivity contribution is 5.33. The number of aromatic nitrogens is 2. The zero-order valence-electron chi connectivity index (χ0n) is 14.0. The molecule has 0 aromatic carbocycles. The number of nitrogens with zero attached hydrogens (tertiary/aromatic N) is 3. The van der Waals surface area contributed by atoms with Crippen molar-refractivity contribution in [2.45, 2.75) is 52.9 Å². The van der Waals surface area contributed by atoms with Gasteiger partial charge in [-0.25, -0.2) is 9.97 Å². The van der Waals surface area contributed by atoms with Crippen molar-refractivity contribution in [2.75, 3.05) is 31.1 Å². The Labute approximate surface area is 129 Å². The van der Waals surface area contributed by atoms with E-state index in [0.29, 0.717) is 5.92 Å². The van der Waals surface area contributed by atoms with Gasteiger partial charge < -0.3 is 10.2 Å². The van der Waals surface area contributed by atoms with Crippen LogP contribution in [0.3, 0.4) is 0 Å². The van der Waals surface area contributed by atoms with E-state index in [-0.39, 0.29) is 0 Å². The van der Waals surface area contributed by atoms with Gasteiger partial charge in [0, 0.05) is 24.5 Å². The van der Waals surface area contributed by atoms with Gasteiger partial charge >= 0.3 is 0 Å². The Kier molecular flexibility index (Phi) is 5.97. The quantitative estimate of drug-likeness (QED) is 0.817. The van der Waals surface area contributed by atoms with E-state index < -0.39 is 0 Å². The maximum atomic E-state index is 4.76. The van der Waals surface area contributed by atoms with Crippen molar-refractivity contribution in [1.29, 1.82) is 0 Å². The van der Waals surface area contributed by atoms with Crippen molar-refractivity contribution in [2.24, 2.45) is 5.92 Å². The summed E-state index contributed by atoms with van der Waals surface area (Å²) in [5.41, 5.74) is 2.24. The van der Waals surface area contributed by atoms with Crippen molar-refractivity contribution < 1.29 is 0 Å². The van der Waals surface area contributed by atoms with Crippen LogP contribution in [0.5, 0.6) is 0 Å². The van der Waals surface area contributed by atoms with Gasteiger partial charge in [0.1, 0.15) is 0 Å². The molecule has 1 aromatic heterocycles. The molecule has 21 heavy (non-hydrogen) atoms. The fourth-order valence-electron chi connectivity index (χ4n) is 2.83. The second-order valence-electron chi connectivity index (χ2n) is 6.52. The normalized spacial score (nSPS) is 16.7. The molecular formula is C17H30N4. The van der Waals surface area contributed by atoms with Crippen LogP contribution in [-0.4, -0.2) is 36.1 Å². The topological polar surface area (TPSA) is 41.0 Å². The molecule has 0 atom stereocenters. The summed E-state index contributed by atoms with van der Waals surface area (Å²) >= 11 is 0. The minimum Gasteiger partial charge on any atom is -0.341 e. The van der Waals surface area contributed by atoms with Crippen molar-refractivity contribution >= 4 is 5.95 Å². The van der Waals surface area contributed by atoms with Gasteiger partial charge in [-0.05, 0) is 57.2 Å². The van der Waals surface area contributed by atoms with Gasteiger partial charge in [-0.3, -0.25) is 0 Å². The van der Waals surface area contributed by atoms with Gasteiger partial charge in [0.15, 0.2) is 0 Å². The van der Waals surface area contributed by atoms with E-state index in [0.717, 1.165) is 49.4 Å². The number of aryl methyl sites for hydroxylation is 1. The highest BCUT2D eigenvalue weighted by atomic mass is 15.3. The third kappa shape index (κ3) is 4.67. The summed E-state index contributed by atoms with van der Waals surface area (Å²) in [4.78, 5) is 11.8. The molecule has 0 unspecified atom stereocenters. The summed E-state index contributed by atoms with van der Waals surface area (Å²) < 4.78 is 0. The zero-order valence-corrected chi connectivity index (χ0v) is 14.0. The van der Waals surface area contributed by atoms with Gasteiger partial charge in [0.25, 0.3) is 0 Å². The van der Waals surface area contributed by atoms with Crippen molar-refractivity contribution in [3.8, 4) is 0 Å². The summed E-state index contributed by atoms with van der Waals surface area (Å²) in [6, 6.07) is 2.11. The van der Waals surface area contributed by atoms with E-state index in [1.54, 1.807) is 0 Å². The molecule has 0 saturated carbocycles. The van der Waals surface area contributed by atoms with Crippen LogP contribution in [0.1, 0.15) is 57.3 Å². The van der Waals surface area contributed by atoms with Crippen molar-refractivity contribution in [3.05, 3.63) is 17.5 Å². The molecule has 1 aromatic rings. The van der Waals surface area contributed by atoms with Crippen LogP contribution in [0, 0.1) is 12.8 Å². The fraction of sp³-hybridized carbons (Fsp3) is 0.765. The molecule has 1 aliphatic rings. The maximum absolute atomic E-state index is 4.76. The van der Waals surface area contributed by atoms with E-state index in [2.05, 4.69) is 49.0 Å². The number of anilines is 1. The molecule has 1 fully saturated rings. The first-order valence-electron chi connectivity index (χ1n) is 8.41. The summed E-state index contributed by atoms with van der Waals surface area (Å²) in [6.07, 6.45) is 3.70. The predicted octanol–water partition coefficient (Wildman–Crippen LogP) is 3.12. The second kappa shape index (κ2) is 7.74. The van der Waals surface area contributed by atoms with Crippen LogP contribution >= 0.6 is 0 Å². The Balaban J connectivity index is 1.93. The first-order valence-corrected chi connectivity index (χ1v) is 8.41. The van der Waals surface area contributed by atoms with Crippen LogP contribution in [0.4, 0.5) is 5.95 Å². The molecule has 0 radical (unpaired) electrons. The number of piperidine rings is 1. The lowest BCUT2D eigenvalue weighted by Crippen LogP contribution is -2.38.